The van der Waals surface area contributed by atoms with Crippen molar-refractivity contribution in [3.8, 4) is 5.88 Å². The van der Waals surface area contributed by atoms with Crippen molar-refractivity contribution in [1.29, 1.82) is 0 Å². The average Bonchev–Trinajstić information content (AvgIpc) is 2.92. The van der Waals surface area contributed by atoms with Crippen molar-refractivity contribution >= 4 is 23.5 Å². The van der Waals surface area contributed by atoms with E-state index in [-0.39, 0.29) is 18.4 Å². The minimum atomic E-state index is -0.830. The highest BCUT2D eigenvalue weighted by Gasteiger charge is 2.52. The van der Waals surface area contributed by atoms with Crippen molar-refractivity contribution in [3.05, 3.63) is 18.3 Å². The van der Waals surface area contributed by atoms with Crippen LogP contribution in [0.5, 0.6) is 5.88 Å². The van der Waals surface area contributed by atoms with Crippen LogP contribution in [-0.4, -0.2) is 54.0 Å². The fourth-order valence-corrected chi connectivity index (χ4v) is 3.81. The lowest BCUT2D eigenvalue weighted by atomic mass is 9.75. The molecule has 4 amide bonds. The number of pyridine rings is 1. The first-order valence-corrected chi connectivity index (χ1v) is 9.31. The van der Waals surface area contributed by atoms with Crippen molar-refractivity contribution in [2.45, 2.75) is 44.6 Å². The quantitative estimate of drug-likeness (QED) is 0.796. The van der Waals surface area contributed by atoms with E-state index in [0.29, 0.717) is 30.3 Å². The molecule has 1 N–H and O–H groups in total. The first-order valence-electron chi connectivity index (χ1n) is 9.31. The maximum Gasteiger partial charge on any atom is 0.325 e. The van der Waals surface area contributed by atoms with E-state index < -0.39 is 11.6 Å². The zero-order valence-electron chi connectivity index (χ0n) is 16.0. The molecule has 3 rings (SSSR count). The number of hydrogen-bond donors (Lipinski definition) is 1. The third-order valence-electron chi connectivity index (χ3n) is 5.77. The van der Waals surface area contributed by atoms with E-state index in [2.05, 4.69) is 17.2 Å². The molecule has 27 heavy (non-hydrogen) atoms. The minimum Gasteiger partial charge on any atom is -0.481 e. The first-order chi connectivity index (χ1) is 12.9. The summed E-state index contributed by atoms with van der Waals surface area (Å²) in [7, 11) is 3.10. The number of ether oxygens (including phenoxy) is 1. The van der Waals surface area contributed by atoms with Crippen LogP contribution in [0.1, 0.15) is 39.0 Å². The van der Waals surface area contributed by atoms with Crippen LogP contribution in [0.3, 0.4) is 0 Å². The molecule has 8 heteroatoms. The van der Waals surface area contributed by atoms with Crippen molar-refractivity contribution in [1.82, 2.24) is 15.2 Å². The Bertz CT molecular complexity index is 726. The lowest BCUT2D eigenvalue weighted by Crippen LogP contribution is -2.50. The number of amides is 4. The maximum absolute atomic E-state index is 12.9. The molecule has 1 saturated heterocycles. The zero-order chi connectivity index (χ0) is 19.6. The third-order valence-corrected chi connectivity index (χ3v) is 5.77. The Morgan fingerprint density at radius 1 is 1.37 bits per heavy atom. The van der Waals surface area contributed by atoms with Gasteiger partial charge in [0.2, 0.25) is 11.8 Å². The summed E-state index contributed by atoms with van der Waals surface area (Å²) in [5, 5.41) is 2.85. The van der Waals surface area contributed by atoms with E-state index in [9.17, 15) is 14.4 Å². The highest BCUT2D eigenvalue weighted by Crippen LogP contribution is 2.37. The van der Waals surface area contributed by atoms with Gasteiger partial charge in [0.1, 0.15) is 12.1 Å². The Balaban J connectivity index is 1.66. The van der Waals surface area contributed by atoms with E-state index >= 15 is 0 Å². The molecule has 1 saturated carbocycles. The number of carbonyl (C=O) groups is 3. The lowest BCUT2D eigenvalue weighted by molar-refractivity contribution is -0.135. The Hall–Kier alpha value is -2.64. The van der Waals surface area contributed by atoms with E-state index in [1.165, 1.54) is 18.2 Å². The van der Waals surface area contributed by atoms with Gasteiger partial charge in [0, 0.05) is 13.1 Å². The predicted octanol–water partition coefficient (Wildman–Crippen LogP) is 1.94. The molecule has 2 fully saturated rings. The van der Waals surface area contributed by atoms with Gasteiger partial charge in [-0.3, -0.25) is 14.5 Å². The molecule has 0 unspecified atom stereocenters. The fourth-order valence-electron chi connectivity index (χ4n) is 3.81. The molecule has 1 spiro atoms. The number of rotatable bonds is 5. The monoisotopic (exact) mass is 374 g/mol. The highest BCUT2D eigenvalue weighted by atomic mass is 16.5. The Labute approximate surface area is 158 Å². The number of carbonyl (C=O) groups excluding carboxylic acids is 3. The van der Waals surface area contributed by atoms with Crippen LogP contribution in [-0.2, 0) is 9.59 Å². The summed E-state index contributed by atoms with van der Waals surface area (Å²) in [4.78, 5) is 44.4. The summed E-state index contributed by atoms with van der Waals surface area (Å²) in [6.07, 6.45) is 5.71. The molecule has 2 heterocycles. The van der Waals surface area contributed by atoms with Crippen LogP contribution in [0.25, 0.3) is 0 Å². The van der Waals surface area contributed by atoms with Crippen molar-refractivity contribution < 1.29 is 19.1 Å². The van der Waals surface area contributed by atoms with Crippen LogP contribution in [0.2, 0.25) is 0 Å². The van der Waals surface area contributed by atoms with Gasteiger partial charge in [-0.1, -0.05) is 13.3 Å². The van der Waals surface area contributed by atoms with E-state index in [1.54, 1.807) is 19.2 Å². The van der Waals surface area contributed by atoms with Gasteiger partial charge in [0.25, 0.3) is 5.91 Å². The number of likely N-dealkylation sites (N-methyl/N-ethyl adjacent to an activating group) is 1. The number of urea groups is 1. The van der Waals surface area contributed by atoms with Crippen molar-refractivity contribution in [2.75, 3.05) is 25.6 Å². The normalized spacial score (nSPS) is 24.9. The predicted molar refractivity (Wildman–Crippen MR) is 99.4 cm³/mol. The van der Waals surface area contributed by atoms with Crippen molar-refractivity contribution in [3.63, 3.8) is 0 Å². The number of methoxy groups -OCH3 is 1. The second-order valence-corrected chi connectivity index (χ2v) is 7.27. The SMILES string of the molecule is CCC1CCC2(CC1)NC(=O)N(CC(=O)N(C)c1ccc(OC)nc1)C2=O. The summed E-state index contributed by atoms with van der Waals surface area (Å²) in [5.74, 6) is 0.407. The minimum absolute atomic E-state index is 0.281. The molecule has 1 aliphatic carbocycles. The number of nitrogens with one attached hydrogen (secondary N) is 1. The Morgan fingerprint density at radius 3 is 2.63 bits per heavy atom. The van der Waals surface area contributed by atoms with Crippen LogP contribution in [0, 0.1) is 5.92 Å². The zero-order valence-corrected chi connectivity index (χ0v) is 16.0. The van der Waals surface area contributed by atoms with Crippen LogP contribution in [0.4, 0.5) is 10.5 Å². The number of anilines is 1. The molecule has 0 radical (unpaired) electrons. The second-order valence-electron chi connectivity index (χ2n) is 7.27. The molecule has 1 aromatic rings. The molecule has 0 bridgehead atoms. The molecule has 0 aromatic carbocycles. The molecule has 1 aliphatic heterocycles. The van der Waals surface area contributed by atoms with Crippen LogP contribution in [0.15, 0.2) is 18.3 Å². The van der Waals surface area contributed by atoms with Crippen LogP contribution >= 0.6 is 0 Å². The first kappa shape index (κ1) is 19.1. The van der Waals surface area contributed by atoms with Crippen molar-refractivity contribution in [2.24, 2.45) is 5.92 Å². The number of hydrogen-bond acceptors (Lipinski definition) is 5. The average molecular weight is 374 g/mol. The molecule has 146 valence electrons. The van der Waals surface area contributed by atoms with Gasteiger partial charge >= 0.3 is 6.03 Å². The Kier molecular flexibility index (Phi) is 5.34. The van der Waals surface area contributed by atoms with Gasteiger partial charge in [-0.15, -0.1) is 0 Å². The van der Waals surface area contributed by atoms with Gasteiger partial charge in [-0.05, 0) is 37.7 Å². The van der Waals surface area contributed by atoms with Gasteiger partial charge in [-0.2, -0.15) is 0 Å². The fraction of sp³-hybridized carbons (Fsp3) is 0.579. The van der Waals surface area contributed by atoms with E-state index in [4.69, 9.17) is 4.74 Å². The number of imide groups is 1. The second kappa shape index (κ2) is 7.54. The van der Waals surface area contributed by atoms with Gasteiger partial charge in [-0.25, -0.2) is 9.78 Å². The summed E-state index contributed by atoms with van der Waals surface area (Å²) in [6.45, 7) is 1.86. The van der Waals surface area contributed by atoms with Gasteiger partial charge in [0.15, 0.2) is 0 Å². The summed E-state index contributed by atoms with van der Waals surface area (Å²) in [5.41, 5.74) is -0.269. The number of aromatic nitrogens is 1. The molecular formula is C19H26N4O4. The summed E-state index contributed by atoms with van der Waals surface area (Å²) < 4.78 is 5.00. The smallest absolute Gasteiger partial charge is 0.325 e. The highest BCUT2D eigenvalue weighted by molar-refractivity contribution is 6.10. The number of nitrogens with zero attached hydrogens (tertiary/aromatic N) is 3. The molecule has 2 aliphatic rings. The largest absolute Gasteiger partial charge is 0.481 e. The third kappa shape index (κ3) is 3.61. The Morgan fingerprint density at radius 2 is 2.07 bits per heavy atom. The molecule has 8 nitrogen and oxygen atoms in total. The topological polar surface area (TPSA) is 91.8 Å². The van der Waals surface area contributed by atoms with E-state index in [1.807, 2.05) is 0 Å². The van der Waals surface area contributed by atoms with E-state index in [0.717, 1.165) is 24.2 Å². The standard InChI is InChI=1S/C19H26N4O4/c1-4-13-7-9-19(10-8-13)17(25)23(18(26)21-19)12-16(24)22(2)14-5-6-15(27-3)20-11-14/h5-6,11,13H,4,7-10,12H2,1-3H3,(H,21,26). The summed E-state index contributed by atoms with van der Waals surface area (Å²) >= 11 is 0. The van der Waals surface area contributed by atoms with Crippen LogP contribution < -0.4 is 15.0 Å². The molecule has 0 atom stereocenters. The summed E-state index contributed by atoms with van der Waals surface area (Å²) in [6, 6.07) is 2.86. The maximum atomic E-state index is 12.9. The molecular weight excluding hydrogens is 348 g/mol. The lowest BCUT2D eigenvalue weighted by Gasteiger charge is -2.34. The van der Waals surface area contributed by atoms with Gasteiger partial charge < -0.3 is 15.0 Å². The molecule has 1 aromatic heterocycles. The van der Waals surface area contributed by atoms with Gasteiger partial charge in [0.05, 0.1) is 19.0 Å².